The SMILES string of the molecule is Fc1cnc(N2CC3(C2)CN(c2nnc4n2-c2ccc(Cl)cc2CN([C@H]2CCOC2)C4)C3)nc1. The molecule has 2 aromatic heterocycles. The summed E-state index contributed by atoms with van der Waals surface area (Å²) >= 11 is 6.39. The number of anilines is 2. The fourth-order valence-corrected chi connectivity index (χ4v) is 5.96. The van der Waals surface area contributed by atoms with Gasteiger partial charge in [0.15, 0.2) is 11.6 Å². The average molecular weight is 483 g/mol. The van der Waals surface area contributed by atoms with Gasteiger partial charge in [0, 0.05) is 55.8 Å². The smallest absolute Gasteiger partial charge is 0.231 e. The Bertz CT molecular complexity index is 1230. The largest absolute Gasteiger partial charge is 0.380 e. The van der Waals surface area contributed by atoms with Gasteiger partial charge in [-0.05, 0) is 30.2 Å². The molecule has 6 heterocycles. The Labute approximate surface area is 201 Å². The van der Waals surface area contributed by atoms with Gasteiger partial charge >= 0.3 is 0 Å². The van der Waals surface area contributed by atoms with Crippen molar-refractivity contribution in [2.24, 2.45) is 5.41 Å². The molecule has 11 heteroatoms. The van der Waals surface area contributed by atoms with Crippen molar-refractivity contribution in [3.8, 4) is 5.69 Å². The van der Waals surface area contributed by atoms with Gasteiger partial charge in [-0.2, -0.15) is 0 Å². The second-order valence-electron chi connectivity index (χ2n) is 9.86. The van der Waals surface area contributed by atoms with Gasteiger partial charge in [0.2, 0.25) is 11.9 Å². The van der Waals surface area contributed by atoms with Gasteiger partial charge in [-0.15, -0.1) is 10.2 Å². The summed E-state index contributed by atoms with van der Waals surface area (Å²) in [5.74, 6) is 1.99. The second kappa shape index (κ2) is 7.59. The van der Waals surface area contributed by atoms with Crippen LogP contribution in [0.25, 0.3) is 5.69 Å². The van der Waals surface area contributed by atoms with Crippen molar-refractivity contribution in [3.05, 3.63) is 52.8 Å². The number of hydrogen-bond donors (Lipinski definition) is 0. The molecule has 4 aliphatic rings. The lowest BCUT2D eigenvalue weighted by Crippen LogP contribution is -2.73. The van der Waals surface area contributed by atoms with E-state index in [0.29, 0.717) is 12.0 Å². The highest BCUT2D eigenvalue weighted by Gasteiger charge is 2.54. The van der Waals surface area contributed by atoms with Crippen LogP contribution in [0.2, 0.25) is 5.02 Å². The predicted molar refractivity (Wildman–Crippen MR) is 124 cm³/mol. The van der Waals surface area contributed by atoms with E-state index in [1.165, 1.54) is 18.0 Å². The highest BCUT2D eigenvalue weighted by molar-refractivity contribution is 6.30. The Hall–Kier alpha value is -2.82. The van der Waals surface area contributed by atoms with Crippen LogP contribution in [0.15, 0.2) is 30.6 Å². The quantitative estimate of drug-likeness (QED) is 0.563. The van der Waals surface area contributed by atoms with Crippen LogP contribution < -0.4 is 9.80 Å². The normalized spacial score (nSPS) is 23.3. The molecule has 0 N–H and O–H groups in total. The monoisotopic (exact) mass is 482 g/mol. The van der Waals surface area contributed by atoms with Gasteiger partial charge in [0.05, 0.1) is 31.2 Å². The molecule has 0 amide bonds. The van der Waals surface area contributed by atoms with Crippen LogP contribution in [0.3, 0.4) is 0 Å². The van der Waals surface area contributed by atoms with Crippen LogP contribution >= 0.6 is 11.6 Å². The molecule has 3 aromatic rings. The Kier molecular flexibility index (Phi) is 4.59. The molecule has 1 spiro atoms. The van der Waals surface area contributed by atoms with Crippen molar-refractivity contribution in [3.63, 3.8) is 0 Å². The molecule has 0 radical (unpaired) electrons. The first-order chi connectivity index (χ1) is 16.6. The van der Waals surface area contributed by atoms with E-state index in [0.717, 1.165) is 81.4 Å². The molecule has 176 valence electrons. The third-order valence-electron chi connectivity index (χ3n) is 7.41. The molecule has 4 aliphatic heterocycles. The van der Waals surface area contributed by atoms with E-state index < -0.39 is 5.82 Å². The minimum Gasteiger partial charge on any atom is -0.380 e. The van der Waals surface area contributed by atoms with Crippen LogP contribution in [0.4, 0.5) is 16.3 Å². The summed E-state index contributed by atoms with van der Waals surface area (Å²) in [6.07, 6.45) is 3.47. The number of benzene rings is 1. The zero-order chi connectivity index (χ0) is 22.9. The van der Waals surface area contributed by atoms with Gasteiger partial charge < -0.3 is 14.5 Å². The summed E-state index contributed by atoms with van der Waals surface area (Å²) in [5, 5.41) is 9.97. The van der Waals surface area contributed by atoms with Crippen molar-refractivity contribution < 1.29 is 9.13 Å². The van der Waals surface area contributed by atoms with Crippen LogP contribution in [-0.4, -0.2) is 75.1 Å². The van der Waals surface area contributed by atoms with Gasteiger partial charge in [-0.25, -0.2) is 14.4 Å². The van der Waals surface area contributed by atoms with Crippen molar-refractivity contribution in [2.45, 2.75) is 25.6 Å². The molecule has 0 unspecified atom stereocenters. The van der Waals surface area contributed by atoms with Gasteiger partial charge in [0.25, 0.3) is 0 Å². The maximum atomic E-state index is 13.1. The minimum atomic E-state index is -0.415. The first-order valence-electron chi connectivity index (χ1n) is 11.6. The van der Waals surface area contributed by atoms with Crippen molar-refractivity contribution in [1.29, 1.82) is 0 Å². The standard InChI is InChI=1S/C23H24ClFN8O/c24-16-1-2-19-15(5-16)8-30(18-3-4-34-10-18)9-20-28-29-22(33(19)20)32-13-23(14-32)11-31(12-23)21-26-6-17(25)7-27-21/h1-2,5-7,18H,3-4,8-14H2/t18-/m0/s1. The fourth-order valence-electron chi connectivity index (χ4n) is 5.76. The molecule has 1 atom stereocenters. The van der Waals surface area contributed by atoms with Crippen LogP contribution in [-0.2, 0) is 17.8 Å². The van der Waals surface area contributed by atoms with Gasteiger partial charge in [-0.1, -0.05) is 11.6 Å². The molecule has 0 aliphatic carbocycles. The summed E-state index contributed by atoms with van der Waals surface area (Å²) in [5.41, 5.74) is 2.46. The van der Waals surface area contributed by atoms with E-state index in [9.17, 15) is 4.39 Å². The number of rotatable bonds is 3. The molecule has 9 nitrogen and oxygen atoms in total. The highest BCUT2D eigenvalue weighted by atomic mass is 35.5. The fraction of sp³-hybridized carbons (Fsp3) is 0.478. The maximum absolute atomic E-state index is 13.1. The number of nitrogens with zero attached hydrogens (tertiary/aromatic N) is 8. The molecule has 0 bridgehead atoms. The number of fused-ring (bicyclic) bond motifs is 3. The molecule has 3 saturated heterocycles. The molecule has 34 heavy (non-hydrogen) atoms. The van der Waals surface area contributed by atoms with E-state index in [4.69, 9.17) is 16.3 Å². The molecule has 7 rings (SSSR count). The summed E-state index contributed by atoms with van der Waals surface area (Å²) in [6, 6.07) is 6.45. The Balaban J connectivity index is 1.14. The highest BCUT2D eigenvalue weighted by Crippen LogP contribution is 2.43. The second-order valence-corrected chi connectivity index (χ2v) is 10.3. The lowest BCUT2D eigenvalue weighted by atomic mass is 9.73. The first-order valence-corrected chi connectivity index (χ1v) is 12.0. The Morgan fingerprint density at radius 1 is 1.03 bits per heavy atom. The third-order valence-corrected chi connectivity index (χ3v) is 7.65. The van der Waals surface area contributed by atoms with E-state index in [-0.39, 0.29) is 5.41 Å². The van der Waals surface area contributed by atoms with Crippen molar-refractivity contribution >= 4 is 23.5 Å². The van der Waals surface area contributed by atoms with Crippen LogP contribution in [0.1, 0.15) is 17.8 Å². The van der Waals surface area contributed by atoms with Crippen molar-refractivity contribution in [1.82, 2.24) is 29.6 Å². The average Bonchev–Trinajstić information content (AvgIpc) is 3.41. The molecular weight excluding hydrogens is 459 g/mol. The lowest BCUT2D eigenvalue weighted by Gasteiger charge is -2.60. The molecular formula is C23H24ClFN8O. The summed E-state index contributed by atoms with van der Waals surface area (Å²) in [7, 11) is 0. The Morgan fingerprint density at radius 3 is 2.59 bits per heavy atom. The summed E-state index contributed by atoms with van der Waals surface area (Å²) in [6.45, 7) is 6.59. The topological polar surface area (TPSA) is 75.4 Å². The van der Waals surface area contributed by atoms with Gasteiger partial charge in [0.1, 0.15) is 0 Å². The number of hydrogen-bond acceptors (Lipinski definition) is 8. The number of halogens is 2. The maximum Gasteiger partial charge on any atom is 0.231 e. The van der Waals surface area contributed by atoms with Crippen LogP contribution in [0, 0.1) is 11.2 Å². The third kappa shape index (κ3) is 3.27. The molecule has 1 aromatic carbocycles. The van der Waals surface area contributed by atoms with Crippen LogP contribution in [0.5, 0.6) is 0 Å². The zero-order valence-corrected chi connectivity index (χ0v) is 19.3. The van der Waals surface area contributed by atoms with E-state index in [1.807, 2.05) is 6.07 Å². The zero-order valence-electron chi connectivity index (χ0n) is 18.6. The van der Waals surface area contributed by atoms with E-state index >= 15 is 0 Å². The van der Waals surface area contributed by atoms with Crippen molar-refractivity contribution in [2.75, 3.05) is 49.2 Å². The summed E-state index contributed by atoms with van der Waals surface area (Å²) in [4.78, 5) is 15.0. The molecule has 0 saturated carbocycles. The van der Waals surface area contributed by atoms with E-state index in [2.05, 4.69) is 51.6 Å². The number of ether oxygens (including phenoxy) is 1. The lowest BCUT2D eigenvalue weighted by molar-refractivity contribution is 0.133. The minimum absolute atomic E-state index is 0.185. The van der Waals surface area contributed by atoms with E-state index in [1.54, 1.807) is 0 Å². The van der Waals surface area contributed by atoms with Gasteiger partial charge in [-0.3, -0.25) is 9.47 Å². The Morgan fingerprint density at radius 2 is 1.82 bits per heavy atom. The first kappa shape index (κ1) is 20.5. The molecule has 3 fully saturated rings. The number of aromatic nitrogens is 5. The summed E-state index contributed by atoms with van der Waals surface area (Å²) < 4.78 is 21.0. The predicted octanol–water partition coefficient (Wildman–Crippen LogP) is 2.28.